The largest absolute Gasteiger partial charge is 0.309 e. The molecular weight excluding hydrogens is 402 g/mol. The molecule has 1 aliphatic rings. The van der Waals surface area contributed by atoms with E-state index in [0.717, 1.165) is 0 Å². The second-order valence-electron chi connectivity index (χ2n) is 8.99. The highest BCUT2D eigenvalue weighted by molar-refractivity contribution is 6.70. The summed E-state index contributed by atoms with van der Waals surface area (Å²) in [6, 6.07) is 36.1. The predicted octanol–water partition coefficient (Wildman–Crippen LogP) is 7.55. The first-order valence-electron chi connectivity index (χ1n) is 11.2. The molecule has 0 saturated heterocycles. The highest BCUT2D eigenvalue weighted by Crippen LogP contribution is 2.52. The Kier molecular flexibility index (Phi) is 3.62. The van der Waals surface area contributed by atoms with Crippen LogP contribution in [0.2, 0.25) is 13.1 Å². The number of nitrogens with zero attached hydrogens (tertiary/aromatic N) is 1. The van der Waals surface area contributed by atoms with Crippen LogP contribution in [0.4, 0.5) is 0 Å². The quantitative estimate of drug-likeness (QED) is 0.253. The van der Waals surface area contributed by atoms with Gasteiger partial charge in [0, 0.05) is 22.0 Å². The van der Waals surface area contributed by atoms with Crippen molar-refractivity contribution in [2.75, 3.05) is 0 Å². The van der Waals surface area contributed by atoms with E-state index in [9.17, 15) is 0 Å². The Labute approximate surface area is 189 Å². The summed E-state index contributed by atoms with van der Waals surface area (Å²) in [4.78, 5) is 0. The van der Waals surface area contributed by atoms with Crippen molar-refractivity contribution in [3.05, 3.63) is 97.1 Å². The lowest BCUT2D eigenvalue weighted by atomic mass is 9.98. The number of aromatic nitrogens is 1. The molecule has 0 spiro atoms. The molecule has 1 heterocycles. The van der Waals surface area contributed by atoms with Crippen molar-refractivity contribution in [3.8, 4) is 27.9 Å². The molecule has 1 aromatic heterocycles. The van der Waals surface area contributed by atoms with E-state index in [4.69, 9.17) is 0 Å². The number of hydrogen-bond acceptors (Lipinski definition) is 0. The van der Waals surface area contributed by atoms with Crippen LogP contribution in [0.25, 0.3) is 60.5 Å². The fraction of sp³-hybridized carbons (Fsp3) is 0.0667. The third-order valence-electron chi connectivity index (χ3n) is 7.01. The zero-order valence-corrected chi connectivity index (χ0v) is 19.2. The third kappa shape index (κ3) is 2.28. The molecule has 6 aromatic rings. The van der Waals surface area contributed by atoms with Gasteiger partial charge >= 0.3 is 0 Å². The molecule has 0 bridgehead atoms. The van der Waals surface area contributed by atoms with Gasteiger partial charge in [0.1, 0.15) is 0 Å². The molecule has 5 aromatic carbocycles. The summed E-state index contributed by atoms with van der Waals surface area (Å²) in [5.74, 6) is 0. The lowest BCUT2D eigenvalue weighted by Crippen LogP contribution is -2.21. The van der Waals surface area contributed by atoms with Gasteiger partial charge in [0.2, 0.25) is 0 Å². The minimum absolute atomic E-state index is 0.450. The Morgan fingerprint density at radius 1 is 0.562 bits per heavy atom. The molecule has 1 aliphatic carbocycles. The summed E-state index contributed by atoms with van der Waals surface area (Å²) in [6.07, 6.45) is 0. The molecule has 2 heteroatoms. The van der Waals surface area contributed by atoms with E-state index >= 15 is 0 Å². The number of para-hydroxylation sites is 1. The minimum Gasteiger partial charge on any atom is -0.309 e. The van der Waals surface area contributed by atoms with E-state index in [1.807, 2.05) is 0 Å². The third-order valence-corrected chi connectivity index (χ3v) is 8.49. The molecule has 0 unspecified atom stereocenters. The average Bonchev–Trinajstić information content (AvgIpc) is 3.34. The van der Waals surface area contributed by atoms with E-state index in [0.29, 0.717) is 0 Å². The SMILES string of the molecule is C[Si](C)c1ccc(-n2c3ccccc3c3c4c(ccc32)-c2cccc3cccc-4c23)cc1. The first kappa shape index (κ1) is 18.0. The predicted molar refractivity (Wildman–Crippen MR) is 140 cm³/mol. The van der Waals surface area contributed by atoms with Crippen LogP contribution in [0, 0.1) is 0 Å². The highest BCUT2D eigenvalue weighted by Gasteiger charge is 2.26. The highest BCUT2D eigenvalue weighted by atomic mass is 28.3. The minimum atomic E-state index is -0.450. The van der Waals surface area contributed by atoms with Gasteiger partial charge in [-0.2, -0.15) is 0 Å². The van der Waals surface area contributed by atoms with Crippen molar-refractivity contribution in [2.45, 2.75) is 13.1 Å². The smallest absolute Gasteiger partial charge is 0.0791 e. The Morgan fingerprint density at radius 3 is 2.09 bits per heavy atom. The Morgan fingerprint density at radius 2 is 1.31 bits per heavy atom. The summed E-state index contributed by atoms with van der Waals surface area (Å²) in [5, 5.41) is 6.87. The summed E-state index contributed by atoms with van der Waals surface area (Å²) >= 11 is 0. The van der Waals surface area contributed by atoms with Gasteiger partial charge in [-0.1, -0.05) is 91.1 Å². The maximum Gasteiger partial charge on any atom is 0.0791 e. The van der Waals surface area contributed by atoms with Crippen LogP contribution in [0.5, 0.6) is 0 Å². The van der Waals surface area contributed by atoms with Crippen molar-refractivity contribution < 1.29 is 0 Å². The van der Waals surface area contributed by atoms with Crippen LogP contribution in [-0.4, -0.2) is 13.4 Å². The Bertz CT molecular complexity index is 1680. The lowest BCUT2D eigenvalue weighted by Gasteiger charge is -2.11. The van der Waals surface area contributed by atoms with E-state index in [-0.39, 0.29) is 0 Å². The van der Waals surface area contributed by atoms with Gasteiger partial charge in [0.25, 0.3) is 0 Å². The standard InChI is InChI=1S/C30H22NSi/c1-32(2)21-15-13-20(14-16-21)31-26-12-4-3-9-24(26)30-27(31)18-17-23-22-10-5-7-19-8-6-11-25(28(19)22)29(23)30/h3-18H,1-2H3. The van der Waals surface area contributed by atoms with E-state index in [1.165, 1.54) is 65.7 Å². The molecule has 1 radical (unpaired) electrons. The van der Waals surface area contributed by atoms with Gasteiger partial charge in [-0.3, -0.25) is 0 Å². The molecule has 0 amide bonds. The van der Waals surface area contributed by atoms with Crippen molar-refractivity contribution in [2.24, 2.45) is 0 Å². The zero-order valence-electron chi connectivity index (χ0n) is 18.2. The molecule has 0 N–H and O–H groups in total. The topological polar surface area (TPSA) is 4.93 Å². The Balaban J connectivity index is 1.62. The van der Waals surface area contributed by atoms with Crippen LogP contribution >= 0.6 is 0 Å². The summed E-state index contributed by atoms with van der Waals surface area (Å²) in [5.41, 5.74) is 9.24. The van der Waals surface area contributed by atoms with Crippen LogP contribution in [0.3, 0.4) is 0 Å². The molecule has 0 fully saturated rings. The molecule has 0 aliphatic heterocycles. The van der Waals surface area contributed by atoms with Crippen molar-refractivity contribution in [1.82, 2.24) is 4.57 Å². The summed E-state index contributed by atoms with van der Waals surface area (Å²) in [7, 11) is -0.450. The van der Waals surface area contributed by atoms with E-state index in [2.05, 4.69) is 115 Å². The molecule has 7 rings (SSSR count). The van der Waals surface area contributed by atoms with Crippen LogP contribution in [0.15, 0.2) is 97.1 Å². The van der Waals surface area contributed by atoms with E-state index in [1.54, 1.807) is 0 Å². The normalized spacial score (nSPS) is 12.3. The fourth-order valence-electron chi connectivity index (χ4n) is 5.56. The molecule has 32 heavy (non-hydrogen) atoms. The van der Waals surface area contributed by atoms with Gasteiger partial charge in [0.05, 0.1) is 19.8 Å². The van der Waals surface area contributed by atoms with E-state index < -0.39 is 8.80 Å². The summed E-state index contributed by atoms with van der Waals surface area (Å²) < 4.78 is 2.44. The average molecular weight is 425 g/mol. The second kappa shape index (κ2) is 6.44. The fourth-order valence-corrected chi connectivity index (χ4v) is 6.39. The number of hydrogen-bond donors (Lipinski definition) is 0. The van der Waals surface area contributed by atoms with Crippen molar-refractivity contribution >= 4 is 46.6 Å². The van der Waals surface area contributed by atoms with Gasteiger partial charge < -0.3 is 4.57 Å². The summed E-state index contributed by atoms with van der Waals surface area (Å²) in [6.45, 7) is 4.70. The van der Waals surface area contributed by atoms with Crippen LogP contribution in [0.1, 0.15) is 0 Å². The lowest BCUT2D eigenvalue weighted by molar-refractivity contribution is 1.18. The molecule has 0 saturated carbocycles. The number of rotatable bonds is 2. The number of fused-ring (bicyclic) bond motifs is 7. The first-order valence-corrected chi connectivity index (χ1v) is 13.7. The van der Waals surface area contributed by atoms with Gasteiger partial charge in [-0.15, -0.1) is 0 Å². The zero-order chi connectivity index (χ0) is 21.4. The second-order valence-corrected chi connectivity index (χ2v) is 11.6. The Hall–Kier alpha value is -3.62. The first-order chi connectivity index (χ1) is 15.7. The van der Waals surface area contributed by atoms with Gasteiger partial charge in [-0.05, 0) is 51.7 Å². The molecule has 151 valence electrons. The molecule has 1 nitrogen and oxygen atoms in total. The van der Waals surface area contributed by atoms with Crippen molar-refractivity contribution in [1.29, 1.82) is 0 Å². The molecular formula is C30H22NSi. The molecule has 0 atom stereocenters. The monoisotopic (exact) mass is 424 g/mol. The number of benzene rings is 5. The van der Waals surface area contributed by atoms with Crippen LogP contribution < -0.4 is 5.19 Å². The van der Waals surface area contributed by atoms with Gasteiger partial charge in [-0.25, -0.2) is 0 Å². The van der Waals surface area contributed by atoms with Crippen LogP contribution in [-0.2, 0) is 0 Å². The van der Waals surface area contributed by atoms with Crippen molar-refractivity contribution in [3.63, 3.8) is 0 Å². The maximum atomic E-state index is 2.44. The van der Waals surface area contributed by atoms with Gasteiger partial charge in [0.15, 0.2) is 0 Å². The maximum absolute atomic E-state index is 2.44.